The van der Waals surface area contributed by atoms with Crippen LogP contribution in [0.15, 0.2) is 28.2 Å². The number of carbonyl (C=O) groups is 1. The van der Waals surface area contributed by atoms with Gasteiger partial charge in [0.15, 0.2) is 0 Å². The molecule has 0 aliphatic carbocycles. The van der Waals surface area contributed by atoms with Crippen molar-refractivity contribution in [2.45, 2.75) is 0 Å². The first kappa shape index (κ1) is 14.2. The second-order valence-corrected chi connectivity index (χ2v) is 4.14. The van der Waals surface area contributed by atoms with Gasteiger partial charge in [-0.1, -0.05) is 22.0 Å². The Labute approximate surface area is 113 Å². The summed E-state index contributed by atoms with van der Waals surface area (Å²) in [5.74, 6) is -0.198. The fourth-order valence-electron chi connectivity index (χ4n) is 1.19. The summed E-state index contributed by atoms with van der Waals surface area (Å²) in [4.78, 5) is 10.9. The molecule has 0 saturated carbocycles. The summed E-state index contributed by atoms with van der Waals surface area (Å²) in [5, 5.41) is 17.4. The maximum absolute atomic E-state index is 10.9. The molecule has 0 atom stereocenters. The normalized spacial score (nSPS) is 10.8. The van der Waals surface area contributed by atoms with E-state index in [0.717, 1.165) is 0 Å². The average molecular weight is 311 g/mol. The summed E-state index contributed by atoms with van der Waals surface area (Å²) in [6.45, 7) is 0.131. The van der Waals surface area contributed by atoms with Crippen LogP contribution in [0.25, 0.3) is 6.08 Å². The summed E-state index contributed by atoms with van der Waals surface area (Å²) < 4.78 is 5.87. The molecule has 0 heterocycles. The first-order valence-electron chi connectivity index (χ1n) is 5.03. The standard InChI is InChI=1S/C12H11BrN2O3/c13-11-6-10(18-4-3-16)2-1-8(11)5-9(7-14)12(15)17/h1-2,5-6,16H,3-4H2,(H2,15,17)/b9-5+. The molecular weight excluding hydrogens is 300 g/mol. The van der Waals surface area contributed by atoms with Crippen molar-refractivity contribution in [3.63, 3.8) is 0 Å². The predicted molar refractivity (Wildman–Crippen MR) is 69.5 cm³/mol. The monoisotopic (exact) mass is 310 g/mol. The van der Waals surface area contributed by atoms with E-state index in [2.05, 4.69) is 15.9 Å². The molecule has 0 aliphatic rings. The molecule has 0 bridgehead atoms. The number of rotatable bonds is 5. The third kappa shape index (κ3) is 3.87. The molecule has 0 aromatic heterocycles. The van der Waals surface area contributed by atoms with Crippen LogP contribution in [-0.4, -0.2) is 24.2 Å². The quantitative estimate of drug-likeness (QED) is 0.631. The SMILES string of the molecule is N#C/C(=C\c1ccc(OCCO)cc1Br)C(N)=O. The number of aliphatic hydroxyl groups is 1. The van der Waals surface area contributed by atoms with Gasteiger partial charge in [-0.15, -0.1) is 0 Å². The maximum Gasteiger partial charge on any atom is 0.259 e. The van der Waals surface area contributed by atoms with Crippen LogP contribution in [0, 0.1) is 11.3 Å². The van der Waals surface area contributed by atoms with Crippen LogP contribution in [0.4, 0.5) is 0 Å². The molecule has 1 rings (SSSR count). The summed E-state index contributed by atoms with van der Waals surface area (Å²) in [5.41, 5.74) is 5.56. The highest BCUT2D eigenvalue weighted by Crippen LogP contribution is 2.25. The second kappa shape index (κ2) is 6.79. The smallest absolute Gasteiger partial charge is 0.259 e. The minimum Gasteiger partial charge on any atom is -0.491 e. The van der Waals surface area contributed by atoms with Gasteiger partial charge in [0.2, 0.25) is 0 Å². The predicted octanol–water partition coefficient (Wildman–Crippen LogP) is 1.21. The molecule has 18 heavy (non-hydrogen) atoms. The molecule has 0 spiro atoms. The Morgan fingerprint density at radius 3 is 2.83 bits per heavy atom. The zero-order valence-corrected chi connectivity index (χ0v) is 11.0. The van der Waals surface area contributed by atoms with Crippen LogP contribution in [0.1, 0.15) is 5.56 Å². The van der Waals surface area contributed by atoms with Crippen molar-refractivity contribution in [2.75, 3.05) is 13.2 Å². The largest absolute Gasteiger partial charge is 0.491 e. The molecule has 0 aliphatic heterocycles. The van der Waals surface area contributed by atoms with Gasteiger partial charge in [0.1, 0.15) is 24.0 Å². The van der Waals surface area contributed by atoms with Gasteiger partial charge in [0.05, 0.1) is 6.61 Å². The lowest BCUT2D eigenvalue weighted by molar-refractivity contribution is -0.114. The summed E-state index contributed by atoms with van der Waals surface area (Å²) >= 11 is 3.30. The Balaban J connectivity index is 2.99. The van der Waals surface area contributed by atoms with Gasteiger partial charge in [-0.25, -0.2) is 0 Å². The fourth-order valence-corrected chi connectivity index (χ4v) is 1.66. The Morgan fingerprint density at radius 2 is 2.33 bits per heavy atom. The van der Waals surface area contributed by atoms with Crippen molar-refractivity contribution in [2.24, 2.45) is 5.73 Å². The van der Waals surface area contributed by atoms with E-state index in [9.17, 15) is 4.79 Å². The zero-order valence-electron chi connectivity index (χ0n) is 9.39. The molecule has 1 amide bonds. The van der Waals surface area contributed by atoms with Crippen LogP contribution in [-0.2, 0) is 4.79 Å². The van der Waals surface area contributed by atoms with Crippen LogP contribution in [0.2, 0.25) is 0 Å². The van der Waals surface area contributed by atoms with Gasteiger partial charge < -0.3 is 15.6 Å². The van der Waals surface area contributed by atoms with E-state index < -0.39 is 5.91 Å². The van der Waals surface area contributed by atoms with Gasteiger partial charge in [0.25, 0.3) is 5.91 Å². The highest BCUT2D eigenvalue weighted by molar-refractivity contribution is 9.10. The number of hydrogen-bond donors (Lipinski definition) is 2. The molecule has 0 fully saturated rings. The Morgan fingerprint density at radius 1 is 1.61 bits per heavy atom. The first-order valence-corrected chi connectivity index (χ1v) is 5.82. The Hall–Kier alpha value is -1.84. The van der Waals surface area contributed by atoms with Crippen molar-refractivity contribution in [1.82, 2.24) is 0 Å². The molecule has 0 unspecified atom stereocenters. The molecular formula is C12H11BrN2O3. The number of carbonyl (C=O) groups excluding carboxylic acids is 1. The zero-order chi connectivity index (χ0) is 13.5. The van der Waals surface area contributed by atoms with Crippen molar-refractivity contribution >= 4 is 27.9 Å². The minimum absolute atomic E-state index is 0.0699. The van der Waals surface area contributed by atoms with Crippen molar-refractivity contribution in [3.8, 4) is 11.8 Å². The number of hydrogen-bond acceptors (Lipinski definition) is 4. The summed E-state index contributed by atoms with van der Waals surface area (Å²) in [6.07, 6.45) is 1.39. The lowest BCUT2D eigenvalue weighted by Crippen LogP contribution is -2.12. The van der Waals surface area contributed by atoms with Crippen molar-refractivity contribution in [3.05, 3.63) is 33.8 Å². The van der Waals surface area contributed by atoms with Crippen LogP contribution in [0.3, 0.4) is 0 Å². The topological polar surface area (TPSA) is 96.3 Å². The van der Waals surface area contributed by atoms with Gasteiger partial charge >= 0.3 is 0 Å². The molecule has 0 radical (unpaired) electrons. The van der Waals surface area contributed by atoms with Gasteiger partial charge in [-0.2, -0.15) is 5.26 Å². The molecule has 3 N–H and O–H groups in total. The highest BCUT2D eigenvalue weighted by atomic mass is 79.9. The summed E-state index contributed by atoms with van der Waals surface area (Å²) in [6, 6.07) is 6.75. The number of benzene rings is 1. The summed E-state index contributed by atoms with van der Waals surface area (Å²) in [7, 11) is 0. The van der Waals surface area contributed by atoms with Gasteiger partial charge in [-0.3, -0.25) is 4.79 Å². The molecule has 94 valence electrons. The van der Waals surface area contributed by atoms with E-state index in [1.807, 2.05) is 0 Å². The van der Waals surface area contributed by atoms with Crippen LogP contribution < -0.4 is 10.5 Å². The van der Waals surface area contributed by atoms with Gasteiger partial charge in [0, 0.05) is 4.47 Å². The van der Waals surface area contributed by atoms with Gasteiger partial charge in [-0.05, 0) is 23.8 Å². The highest BCUT2D eigenvalue weighted by Gasteiger charge is 2.06. The molecule has 6 heteroatoms. The average Bonchev–Trinajstić information content (AvgIpc) is 2.34. The third-order valence-electron chi connectivity index (χ3n) is 2.02. The third-order valence-corrected chi connectivity index (χ3v) is 2.70. The van der Waals surface area contributed by atoms with E-state index >= 15 is 0 Å². The van der Waals surface area contributed by atoms with Crippen molar-refractivity contribution < 1.29 is 14.6 Å². The van der Waals surface area contributed by atoms with Crippen LogP contribution in [0.5, 0.6) is 5.75 Å². The minimum atomic E-state index is -0.773. The van der Waals surface area contributed by atoms with E-state index in [-0.39, 0.29) is 18.8 Å². The van der Waals surface area contributed by atoms with Crippen molar-refractivity contribution in [1.29, 1.82) is 5.26 Å². The number of aliphatic hydroxyl groups excluding tert-OH is 1. The Bertz CT molecular complexity index is 521. The number of nitriles is 1. The number of primary amides is 1. The number of amides is 1. The fraction of sp³-hybridized carbons (Fsp3) is 0.167. The molecule has 1 aromatic carbocycles. The van der Waals surface area contributed by atoms with E-state index in [0.29, 0.717) is 15.8 Å². The second-order valence-electron chi connectivity index (χ2n) is 3.29. The number of ether oxygens (including phenoxy) is 1. The van der Waals surface area contributed by atoms with E-state index in [1.165, 1.54) is 6.08 Å². The lowest BCUT2D eigenvalue weighted by atomic mass is 10.1. The number of nitrogens with zero attached hydrogens (tertiary/aromatic N) is 1. The molecule has 1 aromatic rings. The lowest BCUT2D eigenvalue weighted by Gasteiger charge is -2.06. The molecule has 0 saturated heterocycles. The maximum atomic E-state index is 10.9. The first-order chi connectivity index (χ1) is 8.58. The number of halogens is 1. The van der Waals surface area contributed by atoms with Crippen LogP contribution >= 0.6 is 15.9 Å². The molecule has 5 nitrogen and oxygen atoms in total. The number of nitrogens with two attached hydrogens (primary N) is 1. The Kier molecular flexibility index (Phi) is 5.36. The van der Waals surface area contributed by atoms with E-state index in [4.69, 9.17) is 20.8 Å². The van der Waals surface area contributed by atoms with E-state index in [1.54, 1.807) is 24.3 Å².